The summed E-state index contributed by atoms with van der Waals surface area (Å²) in [4.78, 5) is 2.11. The fourth-order valence-corrected chi connectivity index (χ4v) is 1.47. The molecule has 0 aliphatic carbocycles. The highest BCUT2D eigenvalue weighted by Crippen LogP contribution is 2.34. The lowest BCUT2D eigenvalue weighted by Crippen LogP contribution is -2.21. The third kappa shape index (κ3) is 3.71. The van der Waals surface area contributed by atoms with Crippen molar-refractivity contribution in [2.75, 3.05) is 52.5 Å². The number of benzene rings is 1. The molecule has 0 saturated carbocycles. The Kier molecular flexibility index (Phi) is 4.90. The third-order valence-electron chi connectivity index (χ3n) is 2.43. The lowest BCUT2D eigenvalue weighted by molar-refractivity contribution is 0.404. The van der Waals surface area contributed by atoms with Crippen LogP contribution in [0.3, 0.4) is 0 Å². The van der Waals surface area contributed by atoms with Gasteiger partial charge in [-0.2, -0.15) is 0 Å². The van der Waals surface area contributed by atoms with E-state index in [1.807, 2.05) is 20.2 Å². The molecule has 17 heavy (non-hydrogen) atoms. The van der Waals surface area contributed by atoms with Gasteiger partial charge in [-0.1, -0.05) is 0 Å². The summed E-state index contributed by atoms with van der Waals surface area (Å²) in [5.41, 5.74) is 7.27. The van der Waals surface area contributed by atoms with Gasteiger partial charge in [0, 0.05) is 25.2 Å². The zero-order valence-corrected chi connectivity index (χ0v) is 10.9. The summed E-state index contributed by atoms with van der Waals surface area (Å²) in [7, 11) is 7.28. The molecule has 0 fully saturated rings. The van der Waals surface area contributed by atoms with Gasteiger partial charge in [0.15, 0.2) is 0 Å². The van der Waals surface area contributed by atoms with Crippen LogP contribution in [0.25, 0.3) is 0 Å². The number of nitrogen functional groups attached to an aromatic ring is 1. The topological polar surface area (TPSA) is 59.8 Å². The summed E-state index contributed by atoms with van der Waals surface area (Å²) in [6, 6.07) is 3.61. The molecule has 0 aliphatic heterocycles. The first-order chi connectivity index (χ1) is 8.08. The van der Waals surface area contributed by atoms with Crippen molar-refractivity contribution in [3.05, 3.63) is 12.1 Å². The van der Waals surface area contributed by atoms with Crippen molar-refractivity contribution in [1.29, 1.82) is 0 Å². The second kappa shape index (κ2) is 6.20. The van der Waals surface area contributed by atoms with Gasteiger partial charge in [0.25, 0.3) is 0 Å². The first-order valence-electron chi connectivity index (χ1n) is 5.48. The third-order valence-corrected chi connectivity index (χ3v) is 2.43. The van der Waals surface area contributed by atoms with E-state index >= 15 is 0 Å². The number of hydrogen-bond acceptors (Lipinski definition) is 5. The molecule has 0 atom stereocenters. The maximum Gasteiger partial charge on any atom is 0.144 e. The summed E-state index contributed by atoms with van der Waals surface area (Å²) in [5, 5.41) is 3.30. The van der Waals surface area contributed by atoms with Gasteiger partial charge in [-0.05, 0) is 14.1 Å². The summed E-state index contributed by atoms with van der Waals surface area (Å²) in [5.74, 6) is 1.38. The molecule has 96 valence electrons. The number of nitrogens with zero attached hydrogens (tertiary/aromatic N) is 1. The highest BCUT2D eigenvalue weighted by atomic mass is 16.5. The minimum Gasteiger partial charge on any atom is -0.495 e. The van der Waals surface area contributed by atoms with E-state index in [1.165, 1.54) is 0 Å². The lowest BCUT2D eigenvalue weighted by Gasteiger charge is -2.16. The summed E-state index contributed by atoms with van der Waals surface area (Å²) < 4.78 is 10.5. The highest BCUT2D eigenvalue weighted by Gasteiger charge is 2.08. The van der Waals surface area contributed by atoms with Gasteiger partial charge in [-0.15, -0.1) is 0 Å². The molecule has 0 radical (unpaired) electrons. The maximum atomic E-state index is 5.81. The smallest absolute Gasteiger partial charge is 0.144 e. The Morgan fingerprint density at radius 2 is 1.82 bits per heavy atom. The molecule has 0 aliphatic rings. The van der Waals surface area contributed by atoms with Crippen molar-refractivity contribution in [3.8, 4) is 11.5 Å². The van der Waals surface area contributed by atoms with Gasteiger partial charge in [0.2, 0.25) is 0 Å². The fraction of sp³-hybridized carbons (Fsp3) is 0.500. The molecular formula is C12H21N3O2. The van der Waals surface area contributed by atoms with E-state index in [0.29, 0.717) is 11.4 Å². The molecule has 5 nitrogen and oxygen atoms in total. The van der Waals surface area contributed by atoms with Crippen LogP contribution >= 0.6 is 0 Å². The maximum absolute atomic E-state index is 5.81. The number of methoxy groups -OCH3 is 2. The monoisotopic (exact) mass is 239 g/mol. The second-order valence-electron chi connectivity index (χ2n) is 4.02. The number of anilines is 2. The molecular weight excluding hydrogens is 218 g/mol. The SMILES string of the molecule is COc1cc(NCCN(C)C)c(OC)cc1N. The van der Waals surface area contributed by atoms with E-state index in [0.717, 1.165) is 24.5 Å². The molecule has 0 saturated heterocycles. The predicted molar refractivity (Wildman–Crippen MR) is 71.0 cm³/mol. The van der Waals surface area contributed by atoms with Crippen LogP contribution in [-0.2, 0) is 0 Å². The van der Waals surface area contributed by atoms with E-state index in [2.05, 4.69) is 10.2 Å². The van der Waals surface area contributed by atoms with Gasteiger partial charge in [0.1, 0.15) is 11.5 Å². The van der Waals surface area contributed by atoms with Crippen LogP contribution in [0, 0.1) is 0 Å². The van der Waals surface area contributed by atoms with Crippen molar-refractivity contribution in [3.63, 3.8) is 0 Å². The first-order valence-corrected chi connectivity index (χ1v) is 5.48. The molecule has 0 unspecified atom stereocenters. The Bertz CT molecular complexity index is 367. The molecule has 0 heterocycles. The largest absolute Gasteiger partial charge is 0.495 e. The molecule has 0 aromatic heterocycles. The Morgan fingerprint density at radius 3 is 2.35 bits per heavy atom. The Labute approximate surface area is 102 Å². The molecule has 1 rings (SSSR count). The number of nitrogens with one attached hydrogen (secondary N) is 1. The normalized spacial score (nSPS) is 10.4. The van der Waals surface area contributed by atoms with Crippen molar-refractivity contribution in [1.82, 2.24) is 4.90 Å². The van der Waals surface area contributed by atoms with Crippen LogP contribution in [0.4, 0.5) is 11.4 Å². The standard InChI is InChI=1S/C12H21N3O2/c1-15(2)6-5-14-10-8-11(16-3)9(13)7-12(10)17-4/h7-8,14H,5-6,13H2,1-4H3. The van der Waals surface area contributed by atoms with Gasteiger partial charge < -0.3 is 25.4 Å². The van der Waals surface area contributed by atoms with Crippen molar-refractivity contribution < 1.29 is 9.47 Å². The minimum absolute atomic E-state index is 0.572. The summed E-state index contributed by atoms with van der Waals surface area (Å²) in [6.07, 6.45) is 0. The predicted octanol–water partition coefficient (Wildman–Crippen LogP) is 1.26. The Morgan fingerprint density at radius 1 is 1.18 bits per heavy atom. The van der Waals surface area contributed by atoms with Crippen molar-refractivity contribution >= 4 is 11.4 Å². The van der Waals surface area contributed by atoms with Crippen LogP contribution < -0.4 is 20.5 Å². The van der Waals surface area contributed by atoms with Crippen LogP contribution in [0.15, 0.2) is 12.1 Å². The minimum atomic E-state index is 0.572. The molecule has 0 spiro atoms. The second-order valence-corrected chi connectivity index (χ2v) is 4.02. The molecule has 3 N–H and O–H groups in total. The van der Waals surface area contributed by atoms with Crippen LogP contribution in [0.1, 0.15) is 0 Å². The summed E-state index contributed by atoms with van der Waals surface area (Å²) in [6.45, 7) is 1.77. The summed E-state index contributed by atoms with van der Waals surface area (Å²) >= 11 is 0. The van der Waals surface area contributed by atoms with Crippen molar-refractivity contribution in [2.45, 2.75) is 0 Å². The Balaban J connectivity index is 2.81. The molecule has 0 bridgehead atoms. The van der Waals surface area contributed by atoms with E-state index in [4.69, 9.17) is 15.2 Å². The number of likely N-dealkylation sites (N-methyl/N-ethyl adjacent to an activating group) is 1. The van der Waals surface area contributed by atoms with E-state index in [-0.39, 0.29) is 0 Å². The van der Waals surface area contributed by atoms with Gasteiger partial charge in [0.05, 0.1) is 25.6 Å². The van der Waals surface area contributed by atoms with E-state index in [1.54, 1.807) is 20.3 Å². The van der Waals surface area contributed by atoms with E-state index in [9.17, 15) is 0 Å². The van der Waals surface area contributed by atoms with Crippen LogP contribution in [0.5, 0.6) is 11.5 Å². The quantitative estimate of drug-likeness (QED) is 0.732. The molecule has 1 aromatic rings. The Hall–Kier alpha value is -1.62. The molecule has 0 amide bonds. The molecule has 5 heteroatoms. The zero-order chi connectivity index (χ0) is 12.8. The first kappa shape index (κ1) is 13.4. The number of ether oxygens (including phenoxy) is 2. The van der Waals surface area contributed by atoms with Gasteiger partial charge in [-0.3, -0.25) is 0 Å². The average Bonchev–Trinajstić information content (AvgIpc) is 2.30. The zero-order valence-electron chi connectivity index (χ0n) is 10.9. The number of rotatable bonds is 6. The molecule has 1 aromatic carbocycles. The lowest BCUT2D eigenvalue weighted by atomic mass is 10.2. The number of nitrogens with two attached hydrogens (primary N) is 1. The van der Waals surface area contributed by atoms with E-state index < -0.39 is 0 Å². The number of hydrogen-bond donors (Lipinski definition) is 2. The van der Waals surface area contributed by atoms with Crippen molar-refractivity contribution in [2.24, 2.45) is 0 Å². The highest BCUT2D eigenvalue weighted by molar-refractivity contribution is 5.69. The van der Waals surface area contributed by atoms with Gasteiger partial charge in [-0.25, -0.2) is 0 Å². The fourth-order valence-electron chi connectivity index (χ4n) is 1.47. The van der Waals surface area contributed by atoms with Crippen LogP contribution in [0.2, 0.25) is 0 Å². The average molecular weight is 239 g/mol. The van der Waals surface area contributed by atoms with Gasteiger partial charge >= 0.3 is 0 Å². The van der Waals surface area contributed by atoms with Crippen LogP contribution in [-0.4, -0.2) is 46.3 Å².